The first-order valence-corrected chi connectivity index (χ1v) is 6.08. The standard InChI is InChI=1S/C15H20O2/c1-11(8-10-16)5-6-13-12(2)14(17)7-9-15(13,3)4/h10-11H,7-9H2,1-4H3. The quantitative estimate of drug-likeness (QED) is 0.542. The fourth-order valence-corrected chi connectivity index (χ4v) is 2.05. The first-order chi connectivity index (χ1) is 7.88. The molecule has 0 N–H and O–H groups in total. The van der Waals surface area contributed by atoms with Crippen molar-refractivity contribution < 1.29 is 9.59 Å². The number of aldehydes is 1. The zero-order chi connectivity index (χ0) is 13.1. The third-order valence-electron chi connectivity index (χ3n) is 3.34. The largest absolute Gasteiger partial charge is 0.303 e. The Morgan fingerprint density at radius 2 is 2.12 bits per heavy atom. The lowest BCUT2D eigenvalue weighted by Crippen LogP contribution is -2.24. The van der Waals surface area contributed by atoms with Gasteiger partial charge in [-0.3, -0.25) is 4.79 Å². The van der Waals surface area contributed by atoms with Crippen LogP contribution < -0.4 is 0 Å². The van der Waals surface area contributed by atoms with Crippen LogP contribution in [-0.2, 0) is 9.59 Å². The van der Waals surface area contributed by atoms with Crippen molar-refractivity contribution in [3.63, 3.8) is 0 Å². The molecule has 2 nitrogen and oxygen atoms in total. The van der Waals surface area contributed by atoms with Gasteiger partial charge in [-0.15, -0.1) is 0 Å². The van der Waals surface area contributed by atoms with Crippen molar-refractivity contribution in [2.45, 2.75) is 47.0 Å². The van der Waals surface area contributed by atoms with E-state index in [0.717, 1.165) is 23.9 Å². The maximum absolute atomic E-state index is 11.7. The summed E-state index contributed by atoms with van der Waals surface area (Å²) in [4.78, 5) is 22.1. The van der Waals surface area contributed by atoms with Gasteiger partial charge < -0.3 is 4.79 Å². The van der Waals surface area contributed by atoms with Crippen molar-refractivity contribution in [1.29, 1.82) is 0 Å². The van der Waals surface area contributed by atoms with Crippen molar-refractivity contribution in [2.24, 2.45) is 11.3 Å². The van der Waals surface area contributed by atoms with Crippen LogP contribution in [0.15, 0.2) is 11.1 Å². The van der Waals surface area contributed by atoms with Crippen molar-refractivity contribution >= 4 is 12.1 Å². The summed E-state index contributed by atoms with van der Waals surface area (Å²) in [6.07, 6.45) is 2.81. The van der Waals surface area contributed by atoms with Gasteiger partial charge in [-0.25, -0.2) is 0 Å². The van der Waals surface area contributed by atoms with Gasteiger partial charge >= 0.3 is 0 Å². The number of allylic oxidation sites excluding steroid dienone is 2. The molecule has 0 aromatic rings. The van der Waals surface area contributed by atoms with Crippen LogP contribution in [0.25, 0.3) is 0 Å². The summed E-state index contributed by atoms with van der Waals surface area (Å²) in [5.74, 6) is 6.46. The molecule has 0 radical (unpaired) electrons. The Kier molecular flexibility index (Phi) is 4.28. The normalized spacial score (nSPS) is 20.6. The number of Topliss-reactive ketones (excluding diaryl/α,β-unsaturated/α-hetero) is 1. The Labute approximate surface area is 103 Å². The van der Waals surface area contributed by atoms with E-state index in [1.807, 2.05) is 13.8 Å². The minimum absolute atomic E-state index is 0.0219. The zero-order valence-electron chi connectivity index (χ0n) is 11.1. The summed E-state index contributed by atoms with van der Waals surface area (Å²) >= 11 is 0. The zero-order valence-corrected chi connectivity index (χ0v) is 11.1. The van der Waals surface area contributed by atoms with Crippen LogP contribution in [0.5, 0.6) is 0 Å². The molecule has 2 heteroatoms. The Hall–Kier alpha value is -1.36. The Morgan fingerprint density at radius 3 is 2.71 bits per heavy atom. The Bertz CT molecular complexity index is 416. The highest BCUT2D eigenvalue weighted by molar-refractivity contribution is 5.97. The predicted molar refractivity (Wildman–Crippen MR) is 68.3 cm³/mol. The molecule has 1 rings (SSSR count). The highest BCUT2D eigenvalue weighted by atomic mass is 16.1. The summed E-state index contributed by atoms with van der Waals surface area (Å²) in [6.45, 7) is 8.03. The third-order valence-corrected chi connectivity index (χ3v) is 3.34. The van der Waals surface area contributed by atoms with E-state index in [9.17, 15) is 9.59 Å². The summed E-state index contributed by atoms with van der Waals surface area (Å²) in [5, 5.41) is 0. The number of carbonyl (C=O) groups is 2. The molecular formula is C15H20O2. The highest BCUT2D eigenvalue weighted by Gasteiger charge is 2.31. The molecule has 1 aliphatic rings. The minimum atomic E-state index is -0.0219. The second-order valence-electron chi connectivity index (χ2n) is 5.38. The minimum Gasteiger partial charge on any atom is -0.303 e. The Balaban J connectivity index is 3.03. The van der Waals surface area contributed by atoms with Crippen LogP contribution in [-0.4, -0.2) is 12.1 Å². The molecule has 1 atom stereocenters. The molecule has 0 saturated heterocycles. The SMILES string of the molecule is CC1=C(C#CC(C)CC=O)C(C)(C)CCC1=O. The van der Waals surface area contributed by atoms with E-state index < -0.39 is 0 Å². The highest BCUT2D eigenvalue weighted by Crippen LogP contribution is 2.38. The fourth-order valence-electron chi connectivity index (χ4n) is 2.05. The van der Waals surface area contributed by atoms with Gasteiger partial charge in [0.2, 0.25) is 0 Å². The predicted octanol–water partition coefficient (Wildman–Crippen LogP) is 2.92. The van der Waals surface area contributed by atoms with Gasteiger partial charge in [0.15, 0.2) is 5.78 Å². The third kappa shape index (κ3) is 3.30. The summed E-state index contributed by atoms with van der Waals surface area (Å²) in [7, 11) is 0. The summed E-state index contributed by atoms with van der Waals surface area (Å²) in [6, 6.07) is 0. The molecule has 92 valence electrons. The number of hydrogen-bond acceptors (Lipinski definition) is 2. The summed E-state index contributed by atoms with van der Waals surface area (Å²) in [5.41, 5.74) is 1.73. The molecule has 1 unspecified atom stereocenters. The molecule has 17 heavy (non-hydrogen) atoms. The lowest BCUT2D eigenvalue weighted by atomic mass is 9.72. The van der Waals surface area contributed by atoms with Crippen LogP contribution in [0.2, 0.25) is 0 Å². The van der Waals surface area contributed by atoms with Gasteiger partial charge in [-0.1, -0.05) is 32.6 Å². The molecule has 0 saturated carbocycles. The van der Waals surface area contributed by atoms with Gasteiger partial charge in [-0.2, -0.15) is 0 Å². The van der Waals surface area contributed by atoms with Gasteiger partial charge in [0, 0.05) is 29.9 Å². The molecule has 0 aliphatic heterocycles. The van der Waals surface area contributed by atoms with E-state index in [4.69, 9.17) is 0 Å². The molecule has 1 aliphatic carbocycles. The molecular weight excluding hydrogens is 212 g/mol. The van der Waals surface area contributed by atoms with Crippen LogP contribution in [0, 0.1) is 23.2 Å². The van der Waals surface area contributed by atoms with Gasteiger partial charge in [0.05, 0.1) is 0 Å². The van der Waals surface area contributed by atoms with Crippen molar-refractivity contribution in [2.75, 3.05) is 0 Å². The van der Waals surface area contributed by atoms with Gasteiger partial charge in [0.25, 0.3) is 0 Å². The molecule has 0 amide bonds. The maximum atomic E-state index is 11.7. The number of rotatable bonds is 2. The second kappa shape index (κ2) is 5.31. The van der Waals surface area contributed by atoms with E-state index in [0.29, 0.717) is 12.8 Å². The van der Waals surface area contributed by atoms with Crippen LogP contribution in [0.3, 0.4) is 0 Å². The van der Waals surface area contributed by atoms with Crippen LogP contribution in [0.4, 0.5) is 0 Å². The van der Waals surface area contributed by atoms with Crippen molar-refractivity contribution in [3.05, 3.63) is 11.1 Å². The number of hydrogen-bond donors (Lipinski definition) is 0. The molecule has 0 aromatic heterocycles. The van der Waals surface area contributed by atoms with Gasteiger partial charge in [0.1, 0.15) is 6.29 Å². The molecule has 0 bridgehead atoms. The average molecular weight is 232 g/mol. The van der Waals surface area contributed by atoms with E-state index in [1.54, 1.807) is 0 Å². The molecule has 0 fully saturated rings. The second-order valence-corrected chi connectivity index (χ2v) is 5.38. The lowest BCUT2D eigenvalue weighted by molar-refractivity contribution is -0.116. The van der Waals surface area contributed by atoms with Crippen molar-refractivity contribution in [3.8, 4) is 11.8 Å². The number of ketones is 1. The fraction of sp³-hybridized carbons (Fsp3) is 0.600. The topological polar surface area (TPSA) is 34.1 Å². The summed E-state index contributed by atoms with van der Waals surface area (Å²) < 4.78 is 0. The van der Waals surface area contributed by atoms with Gasteiger partial charge in [-0.05, 0) is 18.8 Å². The first-order valence-electron chi connectivity index (χ1n) is 6.08. The lowest BCUT2D eigenvalue weighted by Gasteiger charge is -2.30. The Morgan fingerprint density at radius 1 is 1.47 bits per heavy atom. The van der Waals surface area contributed by atoms with E-state index >= 15 is 0 Å². The van der Waals surface area contributed by atoms with Crippen molar-refractivity contribution in [1.82, 2.24) is 0 Å². The van der Waals surface area contributed by atoms with E-state index in [-0.39, 0.29) is 17.1 Å². The average Bonchev–Trinajstić information content (AvgIpc) is 2.24. The van der Waals surface area contributed by atoms with Crippen LogP contribution in [0.1, 0.15) is 47.0 Å². The molecule has 0 aromatic carbocycles. The number of carbonyl (C=O) groups excluding carboxylic acids is 2. The van der Waals surface area contributed by atoms with E-state index in [2.05, 4.69) is 25.7 Å². The first kappa shape index (κ1) is 13.7. The smallest absolute Gasteiger partial charge is 0.159 e. The van der Waals surface area contributed by atoms with Crippen LogP contribution >= 0.6 is 0 Å². The molecule has 0 spiro atoms. The monoisotopic (exact) mass is 232 g/mol. The maximum Gasteiger partial charge on any atom is 0.159 e. The molecule has 0 heterocycles. The van der Waals surface area contributed by atoms with E-state index in [1.165, 1.54) is 0 Å².